The first-order chi connectivity index (χ1) is 10.6. The van der Waals surface area contributed by atoms with Crippen molar-refractivity contribution in [3.05, 3.63) is 29.8 Å². The Labute approximate surface area is 153 Å². The van der Waals surface area contributed by atoms with Crippen molar-refractivity contribution in [3.8, 4) is 0 Å². The van der Waals surface area contributed by atoms with E-state index in [2.05, 4.69) is 4.74 Å². The third-order valence-corrected chi connectivity index (χ3v) is 4.88. The normalized spacial score (nSPS) is 11.4. The van der Waals surface area contributed by atoms with Crippen LogP contribution in [0.5, 0.6) is 0 Å². The molecule has 24 heavy (non-hydrogen) atoms. The molecule has 0 aromatic heterocycles. The molecule has 138 valence electrons. The van der Waals surface area contributed by atoms with Crippen molar-refractivity contribution in [3.63, 3.8) is 0 Å². The largest absolute Gasteiger partial charge is 0.469 e. The number of hydrogen-bond donors (Lipinski definition) is 0. The molecule has 0 aliphatic heterocycles. The van der Waals surface area contributed by atoms with Gasteiger partial charge in [0.15, 0.2) is 5.78 Å². The highest BCUT2D eigenvalue weighted by Gasteiger charge is 2.11. The van der Waals surface area contributed by atoms with Gasteiger partial charge in [0.2, 0.25) is 0 Å². The van der Waals surface area contributed by atoms with Crippen LogP contribution in [0.2, 0.25) is 0 Å². The average Bonchev–Trinajstić information content (AvgIpc) is 2.51. The van der Waals surface area contributed by atoms with E-state index in [1.807, 2.05) is 13.2 Å². The fourth-order valence-corrected chi connectivity index (χ4v) is 2.87. The SMILES string of the molecule is C.CC(=O)c1cccc(S(=O)(=O)Cl)c1.COC(=O)[C@@H](C)CCSC. The molecule has 0 bridgehead atoms. The molecule has 1 rings (SSSR count). The molecule has 0 radical (unpaired) electrons. The van der Waals surface area contributed by atoms with Gasteiger partial charge in [-0.15, -0.1) is 0 Å². The second-order valence-electron chi connectivity index (χ2n) is 4.73. The third kappa shape index (κ3) is 9.95. The van der Waals surface area contributed by atoms with Gasteiger partial charge in [-0.3, -0.25) is 9.59 Å². The molecule has 0 aliphatic rings. The minimum absolute atomic E-state index is 0. The zero-order valence-electron chi connectivity index (χ0n) is 13.5. The molecular formula is C16H25ClO5S2. The van der Waals surface area contributed by atoms with Crippen LogP contribution < -0.4 is 0 Å². The van der Waals surface area contributed by atoms with Crippen LogP contribution in [-0.4, -0.2) is 39.3 Å². The van der Waals surface area contributed by atoms with Gasteiger partial charge in [-0.2, -0.15) is 11.8 Å². The Morgan fingerprint density at radius 3 is 2.33 bits per heavy atom. The van der Waals surface area contributed by atoms with Gasteiger partial charge in [-0.1, -0.05) is 26.5 Å². The summed E-state index contributed by atoms with van der Waals surface area (Å²) in [5.74, 6) is 0.782. The minimum Gasteiger partial charge on any atom is -0.469 e. The summed E-state index contributed by atoms with van der Waals surface area (Å²) in [6.07, 6.45) is 2.94. The lowest BCUT2D eigenvalue weighted by molar-refractivity contribution is -0.144. The van der Waals surface area contributed by atoms with E-state index < -0.39 is 9.05 Å². The van der Waals surface area contributed by atoms with Gasteiger partial charge in [0.25, 0.3) is 9.05 Å². The number of esters is 1. The highest BCUT2D eigenvalue weighted by Crippen LogP contribution is 2.16. The number of carbonyl (C=O) groups is 2. The summed E-state index contributed by atoms with van der Waals surface area (Å²) in [6, 6.07) is 5.61. The molecule has 0 aliphatic carbocycles. The van der Waals surface area contributed by atoms with E-state index in [9.17, 15) is 18.0 Å². The van der Waals surface area contributed by atoms with E-state index in [1.165, 1.54) is 38.3 Å². The topological polar surface area (TPSA) is 77.5 Å². The van der Waals surface area contributed by atoms with Gasteiger partial charge in [-0.05, 0) is 37.5 Å². The number of ketones is 1. The summed E-state index contributed by atoms with van der Waals surface area (Å²) in [5, 5.41) is 0. The van der Waals surface area contributed by atoms with Crippen LogP contribution in [-0.2, 0) is 18.6 Å². The number of Topliss-reactive ketones (excluding diaryl/α,β-unsaturated/α-hetero) is 1. The Bertz CT molecular complexity index is 629. The predicted molar refractivity (Wildman–Crippen MR) is 100 cm³/mol. The van der Waals surface area contributed by atoms with Crippen molar-refractivity contribution in [1.82, 2.24) is 0 Å². The number of halogens is 1. The van der Waals surface area contributed by atoms with Gasteiger partial charge < -0.3 is 4.74 Å². The van der Waals surface area contributed by atoms with E-state index in [1.54, 1.807) is 11.8 Å². The standard InChI is InChI=1S/C8H7ClO3S.C7H14O2S.CH4/c1-6(10)7-3-2-4-8(5-7)13(9,11)12;1-6(4-5-10-3)7(8)9-2;/h2-5H,1H3;6H,4-5H2,1-3H3;1H4/t;6-;/m.0./s1. The molecule has 0 unspecified atom stereocenters. The Kier molecular flexibility index (Phi) is 12.9. The van der Waals surface area contributed by atoms with E-state index in [-0.39, 0.29) is 30.0 Å². The van der Waals surface area contributed by atoms with Gasteiger partial charge in [0, 0.05) is 16.2 Å². The number of rotatable bonds is 6. The molecule has 0 saturated carbocycles. The molecule has 0 saturated heterocycles. The van der Waals surface area contributed by atoms with Crippen molar-refractivity contribution in [2.75, 3.05) is 19.1 Å². The quantitative estimate of drug-likeness (QED) is 0.411. The van der Waals surface area contributed by atoms with Crippen LogP contribution >= 0.6 is 22.4 Å². The number of carbonyl (C=O) groups excluding carboxylic acids is 2. The summed E-state index contributed by atoms with van der Waals surface area (Å²) in [6.45, 7) is 3.25. The number of thioether (sulfide) groups is 1. The molecule has 0 amide bonds. The fraction of sp³-hybridized carbons (Fsp3) is 0.500. The van der Waals surface area contributed by atoms with Crippen molar-refractivity contribution in [2.45, 2.75) is 32.6 Å². The smallest absolute Gasteiger partial charge is 0.308 e. The number of ether oxygens (including phenoxy) is 1. The summed E-state index contributed by atoms with van der Waals surface area (Å²) in [4.78, 5) is 21.6. The second kappa shape index (κ2) is 12.3. The van der Waals surface area contributed by atoms with Gasteiger partial charge in [0.05, 0.1) is 17.9 Å². The number of hydrogen-bond acceptors (Lipinski definition) is 6. The summed E-state index contributed by atoms with van der Waals surface area (Å²) in [7, 11) is 2.79. The van der Waals surface area contributed by atoms with Gasteiger partial charge >= 0.3 is 5.97 Å². The first kappa shape index (κ1) is 25.2. The van der Waals surface area contributed by atoms with Crippen LogP contribution in [0.4, 0.5) is 0 Å². The minimum atomic E-state index is -3.74. The fourth-order valence-electron chi connectivity index (χ4n) is 1.48. The van der Waals surface area contributed by atoms with E-state index >= 15 is 0 Å². The molecule has 0 spiro atoms. The van der Waals surface area contributed by atoms with Crippen LogP contribution in [0.25, 0.3) is 0 Å². The van der Waals surface area contributed by atoms with E-state index in [0.29, 0.717) is 5.56 Å². The Morgan fingerprint density at radius 2 is 1.92 bits per heavy atom. The first-order valence-electron chi connectivity index (χ1n) is 6.75. The van der Waals surface area contributed by atoms with Crippen LogP contribution in [0.15, 0.2) is 29.2 Å². The molecule has 0 fully saturated rings. The summed E-state index contributed by atoms with van der Waals surface area (Å²) >= 11 is 1.75. The molecule has 0 N–H and O–H groups in total. The second-order valence-corrected chi connectivity index (χ2v) is 8.28. The highest BCUT2D eigenvalue weighted by atomic mass is 35.7. The maximum absolute atomic E-state index is 10.9. The molecule has 0 heterocycles. The molecule has 5 nitrogen and oxygen atoms in total. The molecule has 1 atom stereocenters. The molecule has 8 heteroatoms. The predicted octanol–water partition coefficient (Wildman–Crippen LogP) is 4.00. The third-order valence-electron chi connectivity index (χ3n) is 2.88. The lowest BCUT2D eigenvalue weighted by Crippen LogP contribution is -2.13. The Morgan fingerprint density at radius 1 is 1.33 bits per heavy atom. The maximum Gasteiger partial charge on any atom is 0.308 e. The van der Waals surface area contributed by atoms with Crippen molar-refractivity contribution < 1.29 is 22.7 Å². The summed E-state index contributed by atoms with van der Waals surface area (Å²) in [5.41, 5.74) is 0.335. The first-order valence-corrected chi connectivity index (χ1v) is 10.5. The zero-order chi connectivity index (χ0) is 18.0. The molecular weight excluding hydrogens is 372 g/mol. The van der Waals surface area contributed by atoms with Crippen LogP contribution in [0.3, 0.4) is 0 Å². The molecule has 1 aromatic carbocycles. The number of methoxy groups -OCH3 is 1. The maximum atomic E-state index is 10.9. The van der Waals surface area contributed by atoms with Crippen molar-refractivity contribution in [1.29, 1.82) is 0 Å². The van der Waals surface area contributed by atoms with Gasteiger partial charge in [-0.25, -0.2) is 8.42 Å². The Balaban J connectivity index is 0. The van der Waals surface area contributed by atoms with Gasteiger partial charge in [0.1, 0.15) is 0 Å². The van der Waals surface area contributed by atoms with E-state index in [4.69, 9.17) is 10.7 Å². The van der Waals surface area contributed by atoms with Crippen LogP contribution in [0, 0.1) is 5.92 Å². The number of benzene rings is 1. The Hall–Kier alpha value is -1.05. The summed E-state index contributed by atoms with van der Waals surface area (Å²) < 4.78 is 26.3. The van der Waals surface area contributed by atoms with Crippen molar-refractivity contribution >= 4 is 43.2 Å². The highest BCUT2D eigenvalue weighted by molar-refractivity contribution is 8.13. The average molecular weight is 397 g/mol. The molecule has 1 aromatic rings. The van der Waals surface area contributed by atoms with Crippen molar-refractivity contribution in [2.24, 2.45) is 5.92 Å². The van der Waals surface area contributed by atoms with Crippen LogP contribution in [0.1, 0.15) is 38.1 Å². The zero-order valence-corrected chi connectivity index (χ0v) is 15.9. The lowest BCUT2D eigenvalue weighted by atomic mass is 10.1. The lowest BCUT2D eigenvalue weighted by Gasteiger charge is -2.06. The monoisotopic (exact) mass is 396 g/mol. The van der Waals surface area contributed by atoms with E-state index in [0.717, 1.165) is 12.2 Å².